The number of aliphatic carboxylic acids is 1. The molecule has 0 radical (unpaired) electrons. The molecule has 1 saturated heterocycles. The van der Waals surface area contributed by atoms with E-state index < -0.39 is 11.4 Å². The van der Waals surface area contributed by atoms with Crippen LogP contribution in [-0.4, -0.2) is 41.6 Å². The number of halogens is 1. The summed E-state index contributed by atoms with van der Waals surface area (Å²) in [5, 5.41) is 12.3. The Hall–Kier alpha value is -2.11. The van der Waals surface area contributed by atoms with Gasteiger partial charge in [0.25, 0.3) is 0 Å². The van der Waals surface area contributed by atoms with Crippen LogP contribution in [0.15, 0.2) is 24.3 Å². The van der Waals surface area contributed by atoms with Gasteiger partial charge < -0.3 is 15.3 Å². The third kappa shape index (κ3) is 3.48. The first-order chi connectivity index (χ1) is 11.8. The van der Waals surface area contributed by atoms with Crippen molar-refractivity contribution in [2.75, 3.05) is 19.6 Å². The van der Waals surface area contributed by atoms with Crippen molar-refractivity contribution in [2.45, 2.75) is 44.4 Å². The van der Waals surface area contributed by atoms with E-state index >= 15 is 0 Å². The molecule has 1 aliphatic heterocycles. The summed E-state index contributed by atoms with van der Waals surface area (Å²) in [6.45, 7) is 2.87. The second-order valence-electron chi connectivity index (χ2n) is 7.69. The van der Waals surface area contributed by atoms with Crippen LogP contribution in [-0.2, 0) is 10.2 Å². The van der Waals surface area contributed by atoms with Gasteiger partial charge in [0.2, 0.25) is 0 Å². The molecule has 1 aliphatic carbocycles. The predicted octanol–water partition coefficient (Wildman–Crippen LogP) is 3.14. The van der Waals surface area contributed by atoms with Crippen molar-refractivity contribution in [1.29, 1.82) is 0 Å². The Morgan fingerprint density at radius 2 is 1.84 bits per heavy atom. The lowest BCUT2D eigenvalue weighted by Gasteiger charge is -2.31. The molecule has 0 bridgehead atoms. The molecular weight excluding hydrogens is 323 g/mol. The minimum Gasteiger partial charge on any atom is -0.481 e. The summed E-state index contributed by atoms with van der Waals surface area (Å²) in [7, 11) is 0. The van der Waals surface area contributed by atoms with E-state index in [1.165, 1.54) is 12.1 Å². The fourth-order valence-electron chi connectivity index (χ4n) is 4.09. The molecule has 1 aromatic carbocycles. The van der Waals surface area contributed by atoms with Crippen LogP contribution < -0.4 is 5.32 Å². The molecule has 2 fully saturated rings. The van der Waals surface area contributed by atoms with Crippen molar-refractivity contribution >= 4 is 12.0 Å². The summed E-state index contributed by atoms with van der Waals surface area (Å²) in [6.07, 6.45) is 4.58. The van der Waals surface area contributed by atoms with Gasteiger partial charge in [0.15, 0.2) is 0 Å². The zero-order valence-corrected chi connectivity index (χ0v) is 14.6. The molecule has 1 heterocycles. The number of hydrogen-bond donors (Lipinski definition) is 2. The quantitative estimate of drug-likeness (QED) is 0.878. The maximum absolute atomic E-state index is 13.2. The van der Waals surface area contributed by atoms with Gasteiger partial charge >= 0.3 is 12.0 Å². The average molecular weight is 348 g/mol. The first-order valence-electron chi connectivity index (χ1n) is 8.87. The van der Waals surface area contributed by atoms with E-state index in [1.807, 2.05) is 12.1 Å². The molecule has 3 rings (SSSR count). The van der Waals surface area contributed by atoms with E-state index in [9.17, 15) is 19.1 Å². The van der Waals surface area contributed by atoms with Crippen LogP contribution >= 0.6 is 0 Å². The van der Waals surface area contributed by atoms with Crippen LogP contribution in [0, 0.1) is 11.2 Å². The number of benzene rings is 1. The zero-order valence-electron chi connectivity index (χ0n) is 14.6. The van der Waals surface area contributed by atoms with Crippen LogP contribution in [0.2, 0.25) is 0 Å². The number of rotatable bonds is 4. The topological polar surface area (TPSA) is 69.6 Å². The lowest BCUT2D eigenvalue weighted by atomic mass is 9.79. The van der Waals surface area contributed by atoms with Crippen molar-refractivity contribution in [3.05, 3.63) is 35.6 Å². The maximum Gasteiger partial charge on any atom is 0.317 e. The van der Waals surface area contributed by atoms with Gasteiger partial charge in [0, 0.05) is 25.0 Å². The number of carbonyl (C=O) groups is 2. The fraction of sp³-hybridized carbons (Fsp3) is 0.579. The lowest BCUT2D eigenvalue weighted by molar-refractivity contribution is -0.147. The van der Waals surface area contributed by atoms with Gasteiger partial charge in [-0.3, -0.25) is 4.79 Å². The number of carboxylic acids is 1. The molecule has 0 aromatic heterocycles. The third-order valence-electron chi connectivity index (χ3n) is 5.87. The summed E-state index contributed by atoms with van der Waals surface area (Å²) in [5.74, 6) is -1.12. The minimum atomic E-state index is -0.862. The number of carbonyl (C=O) groups excluding carboxylic acids is 1. The summed E-state index contributed by atoms with van der Waals surface area (Å²) >= 11 is 0. The van der Waals surface area contributed by atoms with Gasteiger partial charge in [-0.15, -0.1) is 0 Å². The summed E-state index contributed by atoms with van der Waals surface area (Å²) in [4.78, 5) is 25.4. The SMILES string of the molecule is CC1(C(=O)O)CCN(C(=O)NCC2(c3ccc(F)cc3)CCCC2)C1. The van der Waals surface area contributed by atoms with Crippen molar-refractivity contribution in [3.8, 4) is 0 Å². The molecule has 1 aromatic rings. The number of urea groups is 1. The van der Waals surface area contributed by atoms with E-state index in [0.717, 1.165) is 31.2 Å². The number of amides is 2. The highest BCUT2D eigenvalue weighted by Crippen LogP contribution is 2.40. The molecule has 2 N–H and O–H groups in total. The lowest BCUT2D eigenvalue weighted by Crippen LogP contribution is -2.46. The third-order valence-corrected chi connectivity index (χ3v) is 5.87. The Morgan fingerprint density at radius 3 is 2.40 bits per heavy atom. The van der Waals surface area contributed by atoms with E-state index in [0.29, 0.717) is 19.5 Å². The van der Waals surface area contributed by atoms with Crippen LogP contribution in [0.5, 0.6) is 0 Å². The highest BCUT2D eigenvalue weighted by molar-refractivity contribution is 5.79. The van der Waals surface area contributed by atoms with E-state index in [1.54, 1.807) is 11.8 Å². The van der Waals surface area contributed by atoms with Crippen molar-refractivity contribution in [1.82, 2.24) is 10.2 Å². The molecule has 2 amide bonds. The van der Waals surface area contributed by atoms with E-state index in [-0.39, 0.29) is 23.8 Å². The van der Waals surface area contributed by atoms with Crippen molar-refractivity contribution in [2.24, 2.45) is 5.41 Å². The monoisotopic (exact) mass is 348 g/mol. The van der Waals surface area contributed by atoms with Gasteiger partial charge in [-0.05, 0) is 43.9 Å². The number of likely N-dealkylation sites (tertiary alicyclic amines) is 1. The Balaban J connectivity index is 1.65. The number of carboxylic acid groups (broad SMARTS) is 1. The normalized spacial score (nSPS) is 25.1. The summed E-state index contributed by atoms with van der Waals surface area (Å²) in [6, 6.07) is 6.35. The Morgan fingerprint density at radius 1 is 1.20 bits per heavy atom. The zero-order chi connectivity index (χ0) is 18.1. The number of nitrogens with one attached hydrogen (secondary N) is 1. The predicted molar refractivity (Wildman–Crippen MR) is 91.9 cm³/mol. The Kier molecular flexibility index (Phi) is 4.71. The van der Waals surface area contributed by atoms with Gasteiger partial charge in [-0.2, -0.15) is 0 Å². The number of hydrogen-bond acceptors (Lipinski definition) is 2. The first-order valence-corrected chi connectivity index (χ1v) is 8.87. The van der Waals surface area contributed by atoms with Crippen LogP contribution in [0.3, 0.4) is 0 Å². The van der Waals surface area contributed by atoms with Gasteiger partial charge in [0.1, 0.15) is 5.82 Å². The number of nitrogens with zero attached hydrogens (tertiary/aromatic N) is 1. The molecule has 25 heavy (non-hydrogen) atoms. The molecule has 1 atom stereocenters. The van der Waals surface area contributed by atoms with E-state index in [4.69, 9.17) is 0 Å². The molecule has 6 heteroatoms. The smallest absolute Gasteiger partial charge is 0.317 e. The molecule has 1 unspecified atom stereocenters. The largest absolute Gasteiger partial charge is 0.481 e. The van der Waals surface area contributed by atoms with Crippen LogP contribution in [0.1, 0.15) is 44.6 Å². The summed E-state index contributed by atoms with van der Waals surface area (Å²) < 4.78 is 13.2. The average Bonchev–Trinajstić information content (AvgIpc) is 3.22. The van der Waals surface area contributed by atoms with Crippen LogP contribution in [0.25, 0.3) is 0 Å². The van der Waals surface area contributed by atoms with Gasteiger partial charge in [-0.1, -0.05) is 25.0 Å². The highest BCUT2D eigenvalue weighted by atomic mass is 19.1. The molecule has 5 nitrogen and oxygen atoms in total. The maximum atomic E-state index is 13.2. The van der Waals surface area contributed by atoms with E-state index in [2.05, 4.69) is 5.32 Å². The Labute approximate surface area is 147 Å². The van der Waals surface area contributed by atoms with Gasteiger partial charge in [0.05, 0.1) is 5.41 Å². The minimum absolute atomic E-state index is 0.154. The highest BCUT2D eigenvalue weighted by Gasteiger charge is 2.43. The Bertz CT molecular complexity index is 655. The molecule has 0 spiro atoms. The first kappa shape index (κ1) is 17.7. The van der Waals surface area contributed by atoms with Gasteiger partial charge in [-0.25, -0.2) is 9.18 Å². The van der Waals surface area contributed by atoms with Crippen molar-refractivity contribution < 1.29 is 19.1 Å². The molecule has 1 saturated carbocycles. The fourth-order valence-corrected chi connectivity index (χ4v) is 4.09. The molecule has 136 valence electrons. The molecule has 2 aliphatic rings. The van der Waals surface area contributed by atoms with Crippen molar-refractivity contribution in [3.63, 3.8) is 0 Å². The molecular formula is C19H25FN2O3. The second kappa shape index (κ2) is 6.65. The standard InChI is InChI=1S/C19H25FN2O3/c1-18(16(23)24)10-11-22(13-18)17(25)21-12-19(8-2-3-9-19)14-4-6-15(20)7-5-14/h4-7H,2-3,8-13H2,1H3,(H,21,25)(H,23,24). The summed E-state index contributed by atoms with van der Waals surface area (Å²) in [5.41, 5.74) is 0.0434. The second-order valence-corrected chi connectivity index (χ2v) is 7.69. The van der Waals surface area contributed by atoms with Crippen LogP contribution in [0.4, 0.5) is 9.18 Å².